The number of nitrogens with zero attached hydrogens (tertiary/aromatic N) is 2. The molecule has 1 aliphatic rings. The second kappa shape index (κ2) is 8.78. The summed E-state index contributed by atoms with van der Waals surface area (Å²) in [7, 11) is -3.63. The van der Waals surface area contributed by atoms with Crippen molar-refractivity contribution in [2.45, 2.75) is 44.6 Å². The fraction of sp³-hybridized carbons (Fsp3) is 0.611. The third-order valence-corrected chi connectivity index (χ3v) is 6.52. The first-order chi connectivity index (χ1) is 12.0. The minimum atomic E-state index is -3.63. The van der Waals surface area contributed by atoms with Crippen LogP contribution in [-0.4, -0.2) is 62.4 Å². The molecule has 1 aliphatic heterocycles. The van der Waals surface area contributed by atoms with E-state index in [4.69, 9.17) is 4.74 Å². The number of rotatable bonds is 8. The summed E-state index contributed by atoms with van der Waals surface area (Å²) in [5.41, 5.74) is 0.408. The highest BCUT2D eigenvalue weighted by atomic mass is 32.2. The molecule has 1 unspecified atom stereocenters. The van der Waals surface area contributed by atoms with Gasteiger partial charge in [-0.3, -0.25) is 4.79 Å². The zero-order chi connectivity index (χ0) is 18.4. The van der Waals surface area contributed by atoms with Crippen LogP contribution >= 0.6 is 0 Å². The van der Waals surface area contributed by atoms with Gasteiger partial charge in [-0.2, -0.15) is 4.31 Å². The fourth-order valence-corrected chi connectivity index (χ4v) is 4.89. The van der Waals surface area contributed by atoms with Gasteiger partial charge in [0.05, 0.1) is 11.5 Å². The Labute approximate surface area is 150 Å². The van der Waals surface area contributed by atoms with Crippen LogP contribution < -0.4 is 0 Å². The predicted molar refractivity (Wildman–Crippen MR) is 97.1 cm³/mol. The molecule has 0 spiro atoms. The van der Waals surface area contributed by atoms with E-state index in [1.807, 2.05) is 20.8 Å². The molecule has 1 heterocycles. The zero-order valence-corrected chi connectivity index (χ0v) is 16.1. The van der Waals surface area contributed by atoms with Crippen molar-refractivity contribution in [1.29, 1.82) is 0 Å². The first kappa shape index (κ1) is 19.9. The molecule has 0 aliphatic carbocycles. The summed E-state index contributed by atoms with van der Waals surface area (Å²) in [6.45, 7) is 8.37. The number of sulfonamides is 1. The van der Waals surface area contributed by atoms with Crippen molar-refractivity contribution < 1.29 is 17.9 Å². The fourth-order valence-electron chi connectivity index (χ4n) is 3.16. The molecule has 1 aromatic carbocycles. The molecule has 0 N–H and O–H groups in total. The Hall–Kier alpha value is -1.44. The molecule has 1 aromatic rings. The largest absolute Gasteiger partial charge is 0.380 e. The highest BCUT2D eigenvalue weighted by Crippen LogP contribution is 2.27. The van der Waals surface area contributed by atoms with Gasteiger partial charge in [-0.15, -0.1) is 0 Å². The Morgan fingerprint density at radius 1 is 1.28 bits per heavy atom. The van der Waals surface area contributed by atoms with Crippen molar-refractivity contribution in [3.05, 3.63) is 29.8 Å². The van der Waals surface area contributed by atoms with Crippen molar-refractivity contribution in [1.82, 2.24) is 9.21 Å². The van der Waals surface area contributed by atoms with E-state index >= 15 is 0 Å². The number of benzene rings is 1. The first-order valence-corrected chi connectivity index (χ1v) is 10.4. The third-order valence-electron chi connectivity index (χ3n) is 4.58. The quantitative estimate of drug-likeness (QED) is 0.706. The maximum absolute atomic E-state index is 13.0. The molecule has 0 aromatic heterocycles. The summed E-state index contributed by atoms with van der Waals surface area (Å²) in [6, 6.07) is 6.22. The molecule has 0 saturated carbocycles. The molecule has 7 heteroatoms. The predicted octanol–water partition coefficient (Wildman–Crippen LogP) is 2.36. The van der Waals surface area contributed by atoms with E-state index in [-0.39, 0.29) is 16.8 Å². The maximum atomic E-state index is 13.0. The van der Waals surface area contributed by atoms with Gasteiger partial charge in [0.2, 0.25) is 10.0 Å². The number of ether oxygens (including phenoxy) is 1. The summed E-state index contributed by atoms with van der Waals surface area (Å²) in [5.74, 6) is -0.144. The molecule has 1 atom stereocenters. The van der Waals surface area contributed by atoms with Crippen molar-refractivity contribution in [3.63, 3.8) is 0 Å². The van der Waals surface area contributed by atoms with Crippen molar-refractivity contribution in [3.8, 4) is 0 Å². The van der Waals surface area contributed by atoms with E-state index in [1.54, 1.807) is 23.1 Å². The van der Waals surface area contributed by atoms with Crippen LogP contribution in [0.3, 0.4) is 0 Å². The summed E-state index contributed by atoms with van der Waals surface area (Å²) in [6.07, 6.45) is 1.63. The molecule has 1 saturated heterocycles. The van der Waals surface area contributed by atoms with Crippen LogP contribution in [0.25, 0.3) is 0 Å². The van der Waals surface area contributed by atoms with Gasteiger partial charge in [-0.1, -0.05) is 6.07 Å². The van der Waals surface area contributed by atoms with Gasteiger partial charge >= 0.3 is 0 Å². The standard InChI is InChI=1S/C18H28N2O4S/c1-4-19(5-2)18(21)15-9-7-11-17(13-15)25(22,23)20-12-8-10-16(20)14-24-6-3/h7,9,11,13,16H,4-6,8,10,12,14H2,1-3H3. The molecule has 2 rings (SSSR count). The van der Waals surface area contributed by atoms with Crippen LogP contribution in [0, 0.1) is 0 Å². The number of carbonyl (C=O) groups excluding carboxylic acids is 1. The minimum absolute atomic E-state index is 0.132. The van der Waals surface area contributed by atoms with Gasteiger partial charge in [-0.25, -0.2) is 8.42 Å². The lowest BCUT2D eigenvalue weighted by atomic mass is 10.2. The van der Waals surface area contributed by atoms with Gasteiger partial charge < -0.3 is 9.64 Å². The highest BCUT2D eigenvalue weighted by molar-refractivity contribution is 7.89. The molecule has 1 amide bonds. The Bertz CT molecular complexity index is 686. The number of carbonyl (C=O) groups is 1. The monoisotopic (exact) mass is 368 g/mol. The SMILES string of the molecule is CCOCC1CCCN1S(=O)(=O)c1cccc(C(=O)N(CC)CC)c1. The molecular formula is C18H28N2O4S. The molecule has 25 heavy (non-hydrogen) atoms. The van der Waals surface area contributed by atoms with E-state index < -0.39 is 10.0 Å². The van der Waals surface area contributed by atoms with Crippen LogP contribution in [0.2, 0.25) is 0 Å². The third kappa shape index (κ3) is 4.40. The van der Waals surface area contributed by atoms with Crippen molar-refractivity contribution in [2.75, 3.05) is 32.8 Å². The Morgan fingerprint density at radius 2 is 2.00 bits per heavy atom. The van der Waals surface area contributed by atoms with Crippen LogP contribution in [0.1, 0.15) is 44.0 Å². The van der Waals surface area contributed by atoms with Gasteiger partial charge in [-0.05, 0) is 51.8 Å². The Kier molecular flexibility index (Phi) is 6.98. The zero-order valence-electron chi connectivity index (χ0n) is 15.3. The van der Waals surface area contributed by atoms with E-state index in [0.29, 0.717) is 38.4 Å². The summed E-state index contributed by atoms with van der Waals surface area (Å²) in [4.78, 5) is 14.4. The molecular weight excluding hydrogens is 340 g/mol. The second-order valence-corrected chi connectivity index (χ2v) is 7.97. The Balaban J connectivity index is 2.28. The summed E-state index contributed by atoms with van der Waals surface area (Å²) in [5, 5.41) is 0. The van der Waals surface area contributed by atoms with Crippen molar-refractivity contribution >= 4 is 15.9 Å². The average Bonchev–Trinajstić information content (AvgIpc) is 3.10. The number of hydrogen-bond donors (Lipinski definition) is 0. The van der Waals surface area contributed by atoms with Gasteiger partial charge in [0, 0.05) is 37.8 Å². The molecule has 0 bridgehead atoms. The Morgan fingerprint density at radius 3 is 2.64 bits per heavy atom. The second-order valence-electron chi connectivity index (χ2n) is 6.08. The minimum Gasteiger partial charge on any atom is -0.380 e. The number of amides is 1. The van der Waals surface area contributed by atoms with Crippen LogP contribution in [0.5, 0.6) is 0 Å². The lowest BCUT2D eigenvalue weighted by Gasteiger charge is -2.24. The highest BCUT2D eigenvalue weighted by Gasteiger charge is 2.35. The van der Waals surface area contributed by atoms with E-state index in [0.717, 1.165) is 12.8 Å². The van der Waals surface area contributed by atoms with Gasteiger partial charge in [0.25, 0.3) is 5.91 Å². The van der Waals surface area contributed by atoms with Crippen LogP contribution in [-0.2, 0) is 14.8 Å². The van der Waals surface area contributed by atoms with E-state index in [9.17, 15) is 13.2 Å². The summed E-state index contributed by atoms with van der Waals surface area (Å²) >= 11 is 0. The number of hydrogen-bond acceptors (Lipinski definition) is 4. The van der Waals surface area contributed by atoms with E-state index in [1.165, 1.54) is 10.4 Å². The molecule has 140 valence electrons. The lowest BCUT2D eigenvalue weighted by molar-refractivity contribution is 0.0772. The van der Waals surface area contributed by atoms with Crippen LogP contribution in [0.4, 0.5) is 0 Å². The molecule has 1 fully saturated rings. The normalized spacial score (nSPS) is 18.4. The maximum Gasteiger partial charge on any atom is 0.253 e. The smallest absolute Gasteiger partial charge is 0.253 e. The molecule has 0 radical (unpaired) electrons. The lowest BCUT2D eigenvalue weighted by Crippen LogP contribution is -2.38. The van der Waals surface area contributed by atoms with Gasteiger partial charge in [0.1, 0.15) is 0 Å². The summed E-state index contributed by atoms with van der Waals surface area (Å²) < 4.78 is 33.0. The van der Waals surface area contributed by atoms with E-state index in [2.05, 4.69) is 0 Å². The van der Waals surface area contributed by atoms with Crippen LogP contribution in [0.15, 0.2) is 29.2 Å². The topological polar surface area (TPSA) is 66.9 Å². The average molecular weight is 368 g/mol. The van der Waals surface area contributed by atoms with Crippen molar-refractivity contribution in [2.24, 2.45) is 0 Å². The molecule has 6 nitrogen and oxygen atoms in total. The van der Waals surface area contributed by atoms with Gasteiger partial charge in [0.15, 0.2) is 0 Å². The first-order valence-electron chi connectivity index (χ1n) is 8.94.